The molecule has 4 fully saturated rings. The lowest BCUT2D eigenvalue weighted by Crippen LogP contribution is -2.50. The third-order valence-electron chi connectivity index (χ3n) is 4.43. The average molecular weight is 328 g/mol. The maximum atomic E-state index is 6.48. The second-order valence-corrected chi connectivity index (χ2v) is 7.29. The van der Waals surface area contributed by atoms with E-state index in [2.05, 4.69) is 22.6 Å². The smallest absolute Gasteiger partial charge is 0.0162 e. The first kappa shape index (κ1) is 11.5. The summed E-state index contributed by atoms with van der Waals surface area (Å²) in [5, 5.41) is 0. The topological polar surface area (TPSA) is 26.0 Å². The van der Waals surface area contributed by atoms with Gasteiger partial charge in [-0.1, -0.05) is 22.6 Å². The van der Waals surface area contributed by atoms with Gasteiger partial charge in [0, 0.05) is 9.46 Å². The summed E-state index contributed by atoms with van der Waals surface area (Å²) in [7, 11) is 0. The highest BCUT2D eigenvalue weighted by atomic mass is 127. The van der Waals surface area contributed by atoms with Crippen molar-refractivity contribution in [3.8, 4) is 0 Å². The standard InChI is InChI=1S/C11H18IN.ClH/c12-10-3-8-1-7-2-9(10)6-11(13,4-7)5-8;/h7-10H,1-6,13H2;1H/t7-,8+,9+,10+,11-;/m1./s1. The Bertz CT molecular complexity index is 235. The normalized spacial score (nSPS) is 55.3. The molecule has 4 rings (SSSR count). The number of nitrogens with two attached hydrogens (primary N) is 1. The van der Waals surface area contributed by atoms with Gasteiger partial charge in [-0.2, -0.15) is 0 Å². The number of hydrogen-bond donors (Lipinski definition) is 1. The van der Waals surface area contributed by atoms with Crippen LogP contribution in [0, 0.1) is 17.8 Å². The predicted octanol–water partition coefficient (Wildman–Crippen LogP) is 3.14. The Morgan fingerprint density at radius 3 is 2.29 bits per heavy atom. The van der Waals surface area contributed by atoms with Crippen molar-refractivity contribution in [1.82, 2.24) is 0 Å². The fourth-order valence-corrected chi connectivity index (χ4v) is 5.48. The molecule has 1 nitrogen and oxygen atoms in total. The maximum Gasteiger partial charge on any atom is 0.0162 e. The van der Waals surface area contributed by atoms with Gasteiger partial charge in [-0.3, -0.25) is 0 Å². The van der Waals surface area contributed by atoms with Crippen molar-refractivity contribution in [3.63, 3.8) is 0 Å². The van der Waals surface area contributed by atoms with Crippen molar-refractivity contribution < 1.29 is 0 Å². The highest BCUT2D eigenvalue weighted by Gasteiger charge is 2.48. The second kappa shape index (κ2) is 3.77. The van der Waals surface area contributed by atoms with Crippen molar-refractivity contribution in [2.45, 2.75) is 48.0 Å². The first-order chi connectivity index (χ1) is 6.15. The number of alkyl halides is 1. The largest absolute Gasteiger partial charge is 0.325 e. The van der Waals surface area contributed by atoms with E-state index in [1.807, 2.05) is 0 Å². The molecule has 3 heteroatoms. The van der Waals surface area contributed by atoms with E-state index in [4.69, 9.17) is 5.73 Å². The highest BCUT2D eigenvalue weighted by Crippen LogP contribution is 2.53. The summed E-state index contributed by atoms with van der Waals surface area (Å²) < 4.78 is 0.929. The van der Waals surface area contributed by atoms with Crippen LogP contribution in [0.2, 0.25) is 0 Å². The molecular weight excluding hydrogens is 308 g/mol. The molecular formula is C11H19ClIN. The zero-order chi connectivity index (χ0) is 9.05. The van der Waals surface area contributed by atoms with E-state index in [0.717, 1.165) is 21.7 Å². The fourth-order valence-electron chi connectivity index (χ4n) is 4.22. The molecule has 0 saturated heterocycles. The predicted molar refractivity (Wildman–Crippen MR) is 70.1 cm³/mol. The van der Waals surface area contributed by atoms with Crippen LogP contribution in [0.3, 0.4) is 0 Å². The number of fused-ring (bicyclic) bond motifs is 1. The van der Waals surface area contributed by atoms with E-state index in [1.165, 1.54) is 38.5 Å². The summed E-state index contributed by atoms with van der Waals surface area (Å²) in [6, 6.07) is 0. The van der Waals surface area contributed by atoms with Gasteiger partial charge in [0.25, 0.3) is 0 Å². The summed E-state index contributed by atoms with van der Waals surface area (Å²) in [5.41, 5.74) is 6.74. The quantitative estimate of drug-likeness (QED) is 0.537. The van der Waals surface area contributed by atoms with Crippen molar-refractivity contribution in [1.29, 1.82) is 0 Å². The fraction of sp³-hybridized carbons (Fsp3) is 1.00. The van der Waals surface area contributed by atoms with Crippen LogP contribution in [0.1, 0.15) is 38.5 Å². The van der Waals surface area contributed by atoms with Gasteiger partial charge in [0.2, 0.25) is 0 Å². The van der Waals surface area contributed by atoms with Gasteiger partial charge in [-0.05, 0) is 56.3 Å². The molecule has 0 aromatic rings. The van der Waals surface area contributed by atoms with Gasteiger partial charge < -0.3 is 5.73 Å². The van der Waals surface area contributed by atoms with Crippen LogP contribution in [-0.4, -0.2) is 9.46 Å². The van der Waals surface area contributed by atoms with Crippen molar-refractivity contribution >= 4 is 35.0 Å². The van der Waals surface area contributed by atoms with Crippen LogP contribution >= 0.6 is 35.0 Å². The zero-order valence-corrected chi connectivity index (χ0v) is 11.4. The molecule has 4 aliphatic rings. The maximum absolute atomic E-state index is 6.48. The number of rotatable bonds is 0. The van der Waals surface area contributed by atoms with Gasteiger partial charge >= 0.3 is 0 Å². The second-order valence-electron chi connectivity index (χ2n) is 5.69. The van der Waals surface area contributed by atoms with Crippen molar-refractivity contribution in [2.75, 3.05) is 0 Å². The lowest BCUT2D eigenvalue weighted by molar-refractivity contribution is 0.105. The average Bonchev–Trinajstić information content (AvgIpc) is 2.12. The Balaban J connectivity index is 0.000000750. The minimum absolute atomic E-state index is 0. The zero-order valence-electron chi connectivity index (χ0n) is 8.42. The molecule has 4 aliphatic carbocycles. The molecule has 5 atom stereocenters. The molecule has 0 aliphatic heterocycles. The van der Waals surface area contributed by atoms with Gasteiger partial charge in [0.15, 0.2) is 0 Å². The Kier molecular flexibility index (Phi) is 3.09. The molecule has 0 amide bonds. The molecule has 0 unspecified atom stereocenters. The molecule has 2 N–H and O–H groups in total. The van der Waals surface area contributed by atoms with Crippen LogP contribution in [0.25, 0.3) is 0 Å². The summed E-state index contributed by atoms with van der Waals surface area (Å²) in [4.78, 5) is 0. The SMILES string of the molecule is Cl.N[C@@]12C[C@@H]3C[C@@H](C[C@H](I)[C@@H](C3)C1)C2. The van der Waals surface area contributed by atoms with Gasteiger partial charge in [0.05, 0.1) is 0 Å². The number of hydrogen-bond acceptors (Lipinski definition) is 1. The molecule has 4 saturated carbocycles. The Hall–Kier alpha value is 0.980. The molecule has 4 bridgehead atoms. The lowest BCUT2D eigenvalue weighted by atomic mass is 9.64. The summed E-state index contributed by atoms with van der Waals surface area (Å²) >= 11 is 2.68. The third kappa shape index (κ3) is 1.82. The van der Waals surface area contributed by atoms with Gasteiger partial charge in [0.1, 0.15) is 0 Å². The van der Waals surface area contributed by atoms with Crippen LogP contribution in [-0.2, 0) is 0 Å². The van der Waals surface area contributed by atoms with E-state index in [9.17, 15) is 0 Å². The first-order valence-electron chi connectivity index (χ1n) is 5.58. The highest BCUT2D eigenvalue weighted by molar-refractivity contribution is 14.1. The minimum atomic E-state index is 0. The van der Waals surface area contributed by atoms with E-state index in [0.29, 0.717) is 0 Å². The van der Waals surface area contributed by atoms with Crippen molar-refractivity contribution in [3.05, 3.63) is 0 Å². The first-order valence-corrected chi connectivity index (χ1v) is 6.82. The van der Waals surface area contributed by atoms with Crippen LogP contribution in [0.4, 0.5) is 0 Å². The van der Waals surface area contributed by atoms with Crippen LogP contribution in [0.5, 0.6) is 0 Å². The summed E-state index contributed by atoms with van der Waals surface area (Å²) in [6.45, 7) is 0. The van der Waals surface area contributed by atoms with Crippen LogP contribution < -0.4 is 5.73 Å². The van der Waals surface area contributed by atoms with Gasteiger partial charge in [-0.15, -0.1) is 12.4 Å². The molecule has 82 valence electrons. The molecule has 14 heavy (non-hydrogen) atoms. The molecule has 0 spiro atoms. The van der Waals surface area contributed by atoms with Crippen molar-refractivity contribution in [2.24, 2.45) is 23.5 Å². The minimum Gasteiger partial charge on any atom is -0.325 e. The molecule has 0 aromatic carbocycles. The van der Waals surface area contributed by atoms with E-state index in [1.54, 1.807) is 0 Å². The molecule has 0 aromatic heterocycles. The molecule has 0 radical (unpaired) electrons. The third-order valence-corrected chi connectivity index (χ3v) is 5.96. The Morgan fingerprint density at radius 1 is 1.00 bits per heavy atom. The number of halogens is 2. The summed E-state index contributed by atoms with van der Waals surface area (Å²) in [5.74, 6) is 2.91. The van der Waals surface area contributed by atoms with E-state index in [-0.39, 0.29) is 17.9 Å². The Morgan fingerprint density at radius 2 is 1.64 bits per heavy atom. The molecule has 0 heterocycles. The lowest BCUT2D eigenvalue weighted by Gasteiger charge is -2.46. The summed E-state index contributed by atoms with van der Waals surface area (Å²) in [6.07, 6.45) is 8.44. The van der Waals surface area contributed by atoms with E-state index >= 15 is 0 Å². The van der Waals surface area contributed by atoms with Crippen LogP contribution in [0.15, 0.2) is 0 Å². The van der Waals surface area contributed by atoms with Gasteiger partial charge in [-0.25, -0.2) is 0 Å². The van der Waals surface area contributed by atoms with E-state index < -0.39 is 0 Å². The monoisotopic (exact) mass is 327 g/mol. The Labute approximate surface area is 106 Å².